The van der Waals surface area contributed by atoms with E-state index in [1.165, 1.54) is 12.5 Å². The van der Waals surface area contributed by atoms with Gasteiger partial charge in [0.05, 0.1) is 5.69 Å². The summed E-state index contributed by atoms with van der Waals surface area (Å²) in [4.78, 5) is 28.7. The minimum absolute atomic E-state index is 0.125. The van der Waals surface area contributed by atoms with Gasteiger partial charge in [0.1, 0.15) is 0 Å². The zero-order chi connectivity index (χ0) is 22.1. The van der Waals surface area contributed by atoms with Crippen molar-refractivity contribution >= 4 is 29.3 Å². The first-order chi connectivity index (χ1) is 14.3. The average Bonchev–Trinajstić information content (AvgIpc) is 2.72. The number of benzene rings is 2. The van der Waals surface area contributed by atoms with Crippen LogP contribution in [0.4, 0.5) is 5.69 Å². The summed E-state index contributed by atoms with van der Waals surface area (Å²) in [5.74, 6) is 0.0751. The number of hydrogen-bond acceptors (Lipinski definition) is 4. The first kappa shape index (κ1) is 24.0. The van der Waals surface area contributed by atoms with E-state index in [2.05, 4.69) is 60.6 Å². The van der Waals surface area contributed by atoms with E-state index < -0.39 is 0 Å². The van der Waals surface area contributed by atoms with Gasteiger partial charge in [-0.25, -0.2) is 0 Å². The maximum Gasteiger partial charge on any atom is 0.251 e. The molecule has 0 saturated heterocycles. The minimum atomic E-state index is -0.161. The van der Waals surface area contributed by atoms with E-state index in [0.29, 0.717) is 23.7 Å². The number of carbonyl (C=O) groups excluding carboxylic acids is 2. The van der Waals surface area contributed by atoms with Crippen molar-refractivity contribution < 1.29 is 9.59 Å². The Labute approximate surface area is 184 Å². The number of amides is 2. The van der Waals surface area contributed by atoms with Gasteiger partial charge >= 0.3 is 0 Å². The summed E-state index contributed by atoms with van der Waals surface area (Å²) in [7, 11) is 0. The Morgan fingerprint density at radius 1 is 1.07 bits per heavy atom. The predicted octanol–water partition coefficient (Wildman–Crippen LogP) is 4.81. The number of nitrogens with zero attached hydrogens (tertiary/aromatic N) is 1. The van der Waals surface area contributed by atoms with Crippen molar-refractivity contribution in [2.75, 3.05) is 31.5 Å². The van der Waals surface area contributed by atoms with Gasteiger partial charge in [-0.3, -0.25) is 9.59 Å². The summed E-state index contributed by atoms with van der Waals surface area (Å²) >= 11 is 1.56. The van der Waals surface area contributed by atoms with Crippen LogP contribution in [0.1, 0.15) is 43.6 Å². The molecule has 2 amide bonds. The van der Waals surface area contributed by atoms with E-state index >= 15 is 0 Å². The SMILES string of the molecule is CCN(CC)CC(C)CNC(=O)c1ccc(Sc2ccc(C)cc2)c(NC(C)=O)c1. The van der Waals surface area contributed by atoms with Crippen LogP contribution in [0.15, 0.2) is 52.3 Å². The second-order valence-electron chi connectivity index (χ2n) is 7.61. The average molecular weight is 428 g/mol. The van der Waals surface area contributed by atoms with Crippen LogP contribution in [0.2, 0.25) is 0 Å². The molecule has 0 aliphatic carbocycles. The van der Waals surface area contributed by atoms with Crippen molar-refractivity contribution in [1.29, 1.82) is 0 Å². The van der Waals surface area contributed by atoms with E-state index in [4.69, 9.17) is 0 Å². The number of anilines is 1. The summed E-state index contributed by atoms with van der Waals surface area (Å²) in [6, 6.07) is 13.7. The molecule has 0 aliphatic rings. The molecule has 0 radical (unpaired) electrons. The summed E-state index contributed by atoms with van der Waals surface area (Å²) < 4.78 is 0. The van der Waals surface area contributed by atoms with Crippen LogP contribution in [0.25, 0.3) is 0 Å². The quantitative estimate of drug-likeness (QED) is 0.571. The van der Waals surface area contributed by atoms with Crippen molar-refractivity contribution in [2.45, 2.75) is 44.4 Å². The topological polar surface area (TPSA) is 61.4 Å². The normalized spacial score (nSPS) is 11.9. The van der Waals surface area contributed by atoms with Crippen LogP contribution in [-0.2, 0) is 4.79 Å². The van der Waals surface area contributed by atoms with Crippen LogP contribution in [-0.4, -0.2) is 42.9 Å². The molecule has 0 saturated carbocycles. The first-order valence-corrected chi connectivity index (χ1v) is 11.3. The summed E-state index contributed by atoms with van der Waals surface area (Å²) in [5.41, 5.74) is 2.39. The van der Waals surface area contributed by atoms with Crippen LogP contribution in [0.5, 0.6) is 0 Å². The highest BCUT2D eigenvalue weighted by Crippen LogP contribution is 2.34. The Kier molecular flexibility index (Phi) is 9.40. The molecule has 0 bridgehead atoms. The number of rotatable bonds is 10. The molecule has 2 rings (SSSR count). The lowest BCUT2D eigenvalue weighted by molar-refractivity contribution is -0.114. The zero-order valence-electron chi connectivity index (χ0n) is 18.6. The second-order valence-corrected chi connectivity index (χ2v) is 8.72. The maximum atomic E-state index is 12.7. The number of nitrogens with one attached hydrogen (secondary N) is 2. The van der Waals surface area contributed by atoms with Crippen molar-refractivity contribution in [2.24, 2.45) is 5.92 Å². The molecule has 0 aliphatic heterocycles. The van der Waals surface area contributed by atoms with E-state index in [-0.39, 0.29) is 11.8 Å². The smallest absolute Gasteiger partial charge is 0.251 e. The molecule has 6 heteroatoms. The third kappa shape index (κ3) is 7.50. The molecule has 5 nitrogen and oxygen atoms in total. The van der Waals surface area contributed by atoms with E-state index in [9.17, 15) is 9.59 Å². The highest BCUT2D eigenvalue weighted by Gasteiger charge is 2.14. The Morgan fingerprint density at radius 3 is 2.33 bits per heavy atom. The van der Waals surface area contributed by atoms with E-state index in [1.54, 1.807) is 17.8 Å². The minimum Gasteiger partial charge on any atom is -0.352 e. The van der Waals surface area contributed by atoms with Gasteiger partial charge in [-0.2, -0.15) is 0 Å². The van der Waals surface area contributed by atoms with E-state index in [0.717, 1.165) is 29.4 Å². The molecule has 0 fully saturated rings. The lowest BCUT2D eigenvalue weighted by atomic mass is 10.1. The Bertz CT molecular complexity index is 848. The third-order valence-corrected chi connectivity index (χ3v) is 5.96. The van der Waals surface area contributed by atoms with Gasteiger partial charge in [0.2, 0.25) is 5.91 Å². The molecular weight excluding hydrogens is 394 g/mol. The molecule has 0 aromatic heterocycles. The summed E-state index contributed by atoms with van der Waals surface area (Å²) in [6.45, 7) is 13.5. The van der Waals surface area contributed by atoms with Crippen LogP contribution < -0.4 is 10.6 Å². The van der Waals surface area contributed by atoms with Gasteiger partial charge in [-0.05, 0) is 56.3 Å². The molecule has 2 N–H and O–H groups in total. The lowest BCUT2D eigenvalue weighted by Crippen LogP contribution is -2.35. The molecule has 30 heavy (non-hydrogen) atoms. The molecule has 1 unspecified atom stereocenters. The molecule has 0 heterocycles. The zero-order valence-corrected chi connectivity index (χ0v) is 19.4. The van der Waals surface area contributed by atoms with Crippen LogP contribution in [0.3, 0.4) is 0 Å². The lowest BCUT2D eigenvalue weighted by Gasteiger charge is -2.22. The highest BCUT2D eigenvalue weighted by atomic mass is 32.2. The predicted molar refractivity (Wildman–Crippen MR) is 125 cm³/mol. The highest BCUT2D eigenvalue weighted by molar-refractivity contribution is 7.99. The van der Waals surface area contributed by atoms with Crippen molar-refractivity contribution in [3.63, 3.8) is 0 Å². The summed E-state index contributed by atoms with van der Waals surface area (Å²) in [6.07, 6.45) is 0. The number of carbonyl (C=O) groups is 2. The fourth-order valence-corrected chi connectivity index (χ4v) is 4.02. The largest absolute Gasteiger partial charge is 0.352 e. The second kappa shape index (κ2) is 11.8. The van der Waals surface area contributed by atoms with Gasteiger partial charge < -0.3 is 15.5 Å². The Hall–Kier alpha value is -2.31. The molecule has 2 aromatic carbocycles. The van der Waals surface area contributed by atoms with Crippen LogP contribution in [0, 0.1) is 12.8 Å². The molecule has 2 aromatic rings. The third-order valence-electron chi connectivity index (χ3n) is 4.88. The van der Waals surface area contributed by atoms with Crippen LogP contribution >= 0.6 is 11.8 Å². The van der Waals surface area contributed by atoms with Gasteiger partial charge in [0, 0.05) is 35.4 Å². The number of hydrogen-bond donors (Lipinski definition) is 2. The monoisotopic (exact) mass is 427 g/mol. The Balaban J connectivity index is 2.09. The standard InChI is InChI=1S/C24H33N3O2S/c1-6-27(7-2)16-18(4)15-25-24(29)20-10-13-23(22(14-20)26-19(5)28)30-21-11-8-17(3)9-12-21/h8-14,18H,6-7,15-16H2,1-5H3,(H,25,29)(H,26,28). The Morgan fingerprint density at radius 2 is 1.73 bits per heavy atom. The van der Waals surface area contributed by atoms with Gasteiger partial charge in [-0.15, -0.1) is 0 Å². The fraction of sp³-hybridized carbons (Fsp3) is 0.417. The van der Waals surface area contributed by atoms with Crippen molar-refractivity contribution in [3.05, 3.63) is 53.6 Å². The van der Waals surface area contributed by atoms with Gasteiger partial charge in [0.25, 0.3) is 5.91 Å². The molecular formula is C24H33N3O2S. The van der Waals surface area contributed by atoms with Crippen molar-refractivity contribution in [1.82, 2.24) is 10.2 Å². The molecule has 1 atom stereocenters. The van der Waals surface area contributed by atoms with Gasteiger partial charge in [0.15, 0.2) is 0 Å². The van der Waals surface area contributed by atoms with E-state index in [1.807, 2.05) is 19.1 Å². The van der Waals surface area contributed by atoms with Gasteiger partial charge in [-0.1, -0.05) is 50.2 Å². The molecule has 162 valence electrons. The van der Waals surface area contributed by atoms with Crippen molar-refractivity contribution in [3.8, 4) is 0 Å². The first-order valence-electron chi connectivity index (χ1n) is 10.5. The number of aryl methyl sites for hydroxylation is 1. The maximum absolute atomic E-state index is 12.7. The summed E-state index contributed by atoms with van der Waals surface area (Å²) in [5, 5.41) is 5.88. The fourth-order valence-electron chi connectivity index (χ4n) is 3.14. The molecule has 0 spiro atoms.